The molecule has 8 nitrogen and oxygen atoms in total. The largest absolute Gasteiger partial charge is 0.480 e. The molecule has 9 heteroatoms. The minimum atomic E-state index is -3.75. The standard InChI is InChI=1S/C13H15N3O5S/c1-8(13(18)19)14-11(17)7-16(2)12-9-5-3-4-6-10(9)22(20,21)15-12/h3-6,8H,7H2,1-2H3,(H,14,17)(H,18,19)/t8-/m1/s1. The summed E-state index contributed by atoms with van der Waals surface area (Å²) in [5.74, 6) is -1.53. The molecule has 0 saturated heterocycles. The topological polar surface area (TPSA) is 116 Å². The number of nitrogens with one attached hydrogen (secondary N) is 1. The van der Waals surface area contributed by atoms with Crippen molar-refractivity contribution in [3.63, 3.8) is 0 Å². The van der Waals surface area contributed by atoms with Crippen LogP contribution >= 0.6 is 0 Å². The number of carboxylic acids is 1. The van der Waals surface area contributed by atoms with Gasteiger partial charge < -0.3 is 15.3 Å². The van der Waals surface area contributed by atoms with Crippen LogP contribution in [0.4, 0.5) is 0 Å². The number of carbonyl (C=O) groups is 2. The Morgan fingerprint density at radius 2 is 2.00 bits per heavy atom. The predicted octanol–water partition coefficient (Wildman–Crippen LogP) is -0.343. The van der Waals surface area contributed by atoms with Crippen molar-refractivity contribution in [3.8, 4) is 0 Å². The first kappa shape index (κ1) is 16.0. The second-order valence-corrected chi connectivity index (χ2v) is 6.44. The Hall–Kier alpha value is -2.42. The highest BCUT2D eigenvalue weighted by Gasteiger charge is 2.31. The number of amides is 1. The Balaban J connectivity index is 2.16. The van der Waals surface area contributed by atoms with Crippen molar-refractivity contribution in [1.82, 2.24) is 10.2 Å². The van der Waals surface area contributed by atoms with Crippen LogP contribution in [0.3, 0.4) is 0 Å². The number of carbonyl (C=O) groups excluding carboxylic acids is 1. The van der Waals surface area contributed by atoms with E-state index in [0.29, 0.717) is 5.56 Å². The maximum Gasteiger partial charge on any atom is 0.325 e. The molecule has 0 bridgehead atoms. The molecule has 0 aromatic heterocycles. The smallest absolute Gasteiger partial charge is 0.325 e. The van der Waals surface area contributed by atoms with E-state index < -0.39 is 27.9 Å². The van der Waals surface area contributed by atoms with Gasteiger partial charge in [-0.2, -0.15) is 8.42 Å². The van der Waals surface area contributed by atoms with Crippen LogP contribution in [0.1, 0.15) is 12.5 Å². The molecule has 1 aromatic carbocycles. The molecule has 2 rings (SSSR count). The van der Waals surface area contributed by atoms with Gasteiger partial charge in [0.25, 0.3) is 10.0 Å². The molecule has 0 fully saturated rings. The number of hydrogen-bond acceptors (Lipinski definition) is 5. The molecular formula is C13H15N3O5S. The number of fused-ring (bicyclic) bond motifs is 1. The average molecular weight is 325 g/mol. The van der Waals surface area contributed by atoms with Crippen molar-refractivity contribution in [1.29, 1.82) is 0 Å². The van der Waals surface area contributed by atoms with Gasteiger partial charge in [0.1, 0.15) is 10.9 Å². The molecule has 0 aliphatic carbocycles. The quantitative estimate of drug-likeness (QED) is 0.782. The summed E-state index contributed by atoms with van der Waals surface area (Å²) in [5, 5.41) is 11.0. The van der Waals surface area contributed by atoms with Gasteiger partial charge in [-0.3, -0.25) is 9.59 Å². The van der Waals surface area contributed by atoms with E-state index in [1.165, 1.54) is 24.9 Å². The number of sulfonamides is 1. The maximum atomic E-state index is 11.9. The molecule has 22 heavy (non-hydrogen) atoms. The highest BCUT2D eigenvalue weighted by molar-refractivity contribution is 7.90. The van der Waals surface area contributed by atoms with E-state index in [2.05, 4.69) is 9.71 Å². The number of amidine groups is 1. The summed E-state index contributed by atoms with van der Waals surface area (Å²) in [7, 11) is -2.24. The molecule has 118 valence electrons. The molecule has 0 unspecified atom stereocenters. The number of likely N-dealkylation sites (N-methyl/N-ethyl adjacent to an activating group) is 1. The van der Waals surface area contributed by atoms with Gasteiger partial charge in [-0.1, -0.05) is 12.1 Å². The Kier molecular flexibility index (Phi) is 4.18. The normalized spacial score (nSPS) is 16.4. The molecule has 2 N–H and O–H groups in total. The Bertz CT molecular complexity index is 757. The highest BCUT2D eigenvalue weighted by atomic mass is 32.2. The van der Waals surface area contributed by atoms with E-state index in [9.17, 15) is 18.0 Å². The summed E-state index contributed by atoms with van der Waals surface area (Å²) in [5.41, 5.74) is 0.420. The number of rotatable bonds is 4. The molecule has 0 spiro atoms. The fraction of sp³-hybridized carbons (Fsp3) is 0.308. The summed E-state index contributed by atoms with van der Waals surface area (Å²) >= 11 is 0. The van der Waals surface area contributed by atoms with Crippen molar-refractivity contribution in [2.75, 3.05) is 13.6 Å². The predicted molar refractivity (Wildman–Crippen MR) is 78.0 cm³/mol. The zero-order chi connectivity index (χ0) is 16.5. The van der Waals surface area contributed by atoms with Crippen LogP contribution in [-0.2, 0) is 19.6 Å². The van der Waals surface area contributed by atoms with Gasteiger partial charge in [-0.15, -0.1) is 4.40 Å². The van der Waals surface area contributed by atoms with E-state index in [-0.39, 0.29) is 17.3 Å². The monoisotopic (exact) mass is 325 g/mol. The van der Waals surface area contributed by atoms with Crippen molar-refractivity contribution in [3.05, 3.63) is 29.8 Å². The molecule has 0 radical (unpaired) electrons. The van der Waals surface area contributed by atoms with Crippen LogP contribution < -0.4 is 5.32 Å². The van der Waals surface area contributed by atoms with Crippen LogP contribution in [0.5, 0.6) is 0 Å². The van der Waals surface area contributed by atoms with Crippen LogP contribution in [0.25, 0.3) is 0 Å². The molecule has 0 saturated carbocycles. The highest BCUT2D eigenvalue weighted by Crippen LogP contribution is 2.26. The molecule has 1 amide bonds. The number of hydrogen-bond donors (Lipinski definition) is 2. The number of aliphatic carboxylic acids is 1. The fourth-order valence-corrected chi connectivity index (χ4v) is 3.25. The lowest BCUT2D eigenvalue weighted by Crippen LogP contribution is -2.44. The minimum Gasteiger partial charge on any atom is -0.480 e. The van der Waals surface area contributed by atoms with Gasteiger partial charge in [0, 0.05) is 12.6 Å². The third-order valence-corrected chi connectivity index (χ3v) is 4.43. The lowest BCUT2D eigenvalue weighted by molar-refractivity contribution is -0.141. The maximum absolute atomic E-state index is 11.9. The fourth-order valence-electron chi connectivity index (χ4n) is 2.00. The zero-order valence-electron chi connectivity index (χ0n) is 12.0. The summed E-state index contributed by atoms with van der Waals surface area (Å²) in [6, 6.07) is 5.29. The second-order valence-electron chi connectivity index (χ2n) is 4.87. The summed E-state index contributed by atoms with van der Waals surface area (Å²) in [6.07, 6.45) is 0. The summed E-state index contributed by atoms with van der Waals surface area (Å²) in [4.78, 5) is 23.9. The van der Waals surface area contributed by atoms with Crippen LogP contribution in [0.15, 0.2) is 33.6 Å². The molecule has 1 aliphatic rings. The number of nitrogens with zero attached hydrogens (tertiary/aromatic N) is 2. The molecule has 1 heterocycles. The Morgan fingerprint density at radius 3 is 2.64 bits per heavy atom. The molecule has 1 aliphatic heterocycles. The van der Waals surface area contributed by atoms with Crippen LogP contribution in [-0.4, -0.2) is 55.8 Å². The Labute approximate surface area is 127 Å². The Morgan fingerprint density at radius 1 is 1.36 bits per heavy atom. The lowest BCUT2D eigenvalue weighted by Gasteiger charge is -2.19. The molecule has 1 atom stereocenters. The third kappa shape index (κ3) is 3.08. The summed E-state index contributed by atoms with van der Waals surface area (Å²) < 4.78 is 27.5. The van der Waals surface area contributed by atoms with Gasteiger partial charge in [0.2, 0.25) is 5.91 Å². The van der Waals surface area contributed by atoms with E-state index in [1.54, 1.807) is 18.2 Å². The van der Waals surface area contributed by atoms with Gasteiger partial charge in [-0.05, 0) is 19.1 Å². The van der Waals surface area contributed by atoms with Crippen LogP contribution in [0.2, 0.25) is 0 Å². The van der Waals surface area contributed by atoms with Gasteiger partial charge in [0.15, 0.2) is 5.84 Å². The molecular weight excluding hydrogens is 310 g/mol. The van der Waals surface area contributed by atoms with Crippen molar-refractivity contribution in [2.45, 2.75) is 17.9 Å². The minimum absolute atomic E-state index is 0.0937. The van der Waals surface area contributed by atoms with Crippen molar-refractivity contribution < 1.29 is 23.1 Å². The zero-order valence-corrected chi connectivity index (χ0v) is 12.8. The average Bonchev–Trinajstić information content (AvgIpc) is 2.71. The number of benzene rings is 1. The van der Waals surface area contributed by atoms with E-state index in [1.807, 2.05) is 0 Å². The van der Waals surface area contributed by atoms with Crippen molar-refractivity contribution >= 4 is 27.7 Å². The lowest BCUT2D eigenvalue weighted by atomic mass is 10.2. The van der Waals surface area contributed by atoms with Gasteiger partial charge in [-0.25, -0.2) is 0 Å². The van der Waals surface area contributed by atoms with Gasteiger partial charge >= 0.3 is 5.97 Å². The van der Waals surface area contributed by atoms with E-state index in [4.69, 9.17) is 5.11 Å². The second kappa shape index (κ2) is 5.76. The first-order chi connectivity index (χ1) is 10.2. The summed E-state index contributed by atoms with van der Waals surface area (Å²) in [6.45, 7) is 1.13. The van der Waals surface area contributed by atoms with Crippen LogP contribution in [0, 0.1) is 0 Å². The van der Waals surface area contributed by atoms with E-state index in [0.717, 1.165) is 0 Å². The van der Waals surface area contributed by atoms with Crippen molar-refractivity contribution in [2.24, 2.45) is 4.40 Å². The number of carboxylic acid groups (broad SMARTS) is 1. The first-order valence-electron chi connectivity index (χ1n) is 6.40. The van der Waals surface area contributed by atoms with Gasteiger partial charge in [0.05, 0.1) is 6.54 Å². The third-order valence-electron chi connectivity index (χ3n) is 3.10. The first-order valence-corrected chi connectivity index (χ1v) is 7.84. The van der Waals surface area contributed by atoms with E-state index >= 15 is 0 Å². The SMILES string of the molecule is C[C@@H](NC(=O)CN(C)C1=NS(=O)(=O)c2ccccc21)C(=O)O. The molecule has 1 aromatic rings.